The van der Waals surface area contributed by atoms with Gasteiger partial charge in [0.2, 0.25) is 0 Å². The third kappa shape index (κ3) is 2.77. The Morgan fingerprint density at radius 2 is 1.94 bits per heavy atom. The van der Waals surface area contributed by atoms with Gasteiger partial charge in [-0.3, -0.25) is 0 Å². The highest BCUT2D eigenvalue weighted by Crippen LogP contribution is 2.26. The van der Waals surface area contributed by atoms with Gasteiger partial charge in [0.1, 0.15) is 16.2 Å². The van der Waals surface area contributed by atoms with Gasteiger partial charge in [-0.2, -0.15) is 0 Å². The van der Waals surface area contributed by atoms with Gasteiger partial charge in [0.25, 0.3) is 0 Å². The number of halogens is 1. The highest BCUT2D eigenvalue weighted by atomic mass is 79.9. The fourth-order valence-corrected chi connectivity index (χ4v) is 1.87. The average molecular weight is 293 g/mol. The highest BCUT2D eigenvalue weighted by Gasteiger charge is 2.06. The van der Waals surface area contributed by atoms with Crippen LogP contribution in [0.15, 0.2) is 47.1 Å². The lowest BCUT2D eigenvalue weighted by atomic mass is 10.2. The number of ether oxygens (including phenoxy) is 1. The Labute approximate surface area is 109 Å². The van der Waals surface area contributed by atoms with E-state index < -0.39 is 0 Å². The van der Waals surface area contributed by atoms with E-state index in [9.17, 15) is 0 Å². The number of methoxy groups -OCH3 is 1. The van der Waals surface area contributed by atoms with Crippen molar-refractivity contribution in [3.8, 4) is 5.75 Å². The molecule has 1 aromatic heterocycles. The Morgan fingerprint density at radius 1 is 1.18 bits per heavy atom. The van der Waals surface area contributed by atoms with Crippen LogP contribution in [0.2, 0.25) is 0 Å². The van der Waals surface area contributed by atoms with Gasteiger partial charge in [-0.1, -0.05) is 12.1 Å². The van der Waals surface area contributed by atoms with Crippen LogP contribution in [0.5, 0.6) is 5.75 Å². The zero-order chi connectivity index (χ0) is 12.3. The molecule has 0 unspecified atom stereocenters. The van der Waals surface area contributed by atoms with E-state index in [1.54, 1.807) is 7.11 Å². The first-order valence-corrected chi connectivity index (χ1v) is 6.00. The summed E-state index contributed by atoms with van der Waals surface area (Å²) in [5.74, 6) is 1.72. The van der Waals surface area contributed by atoms with E-state index in [1.807, 2.05) is 54.4 Å². The number of benzene rings is 1. The number of nitrogens with zero attached hydrogens (tertiary/aromatic N) is 2. The Bertz CT molecular complexity index is 516. The average Bonchev–Trinajstić information content (AvgIpc) is 2.38. The summed E-state index contributed by atoms with van der Waals surface area (Å²) in [5.41, 5.74) is 1.04. The second-order valence-corrected chi connectivity index (χ2v) is 4.39. The molecule has 0 aliphatic heterocycles. The summed E-state index contributed by atoms with van der Waals surface area (Å²) >= 11 is 3.37. The van der Waals surface area contributed by atoms with Crippen LogP contribution in [-0.4, -0.2) is 19.1 Å². The van der Waals surface area contributed by atoms with E-state index in [1.165, 1.54) is 0 Å². The SMILES string of the molecule is COc1cccc(N(C)c2cccc(Br)n2)c1. The first-order valence-electron chi connectivity index (χ1n) is 5.21. The fraction of sp³-hybridized carbons (Fsp3) is 0.154. The quantitative estimate of drug-likeness (QED) is 0.808. The molecule has 0 amide bonds. The molecular formula is C13H13BrN2O. The predicted molar refractivity (Wildman–Crippen MR) is 73.0 cm³/mol. The summed E-state index contributed by atoms with van der Waals surface area (Å²) in [7, 11) is 3.64. The Hall–Kier alpha value is -1.55. The molecule has 0 spiro atoms. The smallest absolute Gasteiger partial charge is 0.134 e. The molecule has 3 nitrogen and oxygen atoms in total. The Balaban J connectivity index is 2.33. The van der Waals surface area contributed by atoms with Crippen molar-refractivity contribution in [2.75, 3.05) is 19.1 Å². The van der Waals surface area contributed by atoms with Crippen molar-refractivity contribution in [1.29, 1.82) is 0 Å². The lowest BCUT2D eigenvalue weighted by molar-refractivity contribution is 0.415. The lowest BCUT2D eigenvalue weighted by Crippen LogP contribution is -2.11. The minimum absolute atomic E-state index is 0.824. The van der Waals surface area contributed by atoms with Gasteiger partial charge in [-0.25, -0.2) is 4.98 Å². The first-order chi connectivity index (χ1) is 8.20. The topological polar surface area (TPSA) is 25.4 Å². The molecule has 0 saturated heterocycles. The van der Waals surface area contributed by atoms with Crippen LogP contribution in [0.25, 0.3) is 0 Å². The maximum atomic E-state index is 5.21. The largest absolute Gasteiger partial charge is 0.497 e. The number of anilines is 2. The standard InChI is InChI=1S/C13H13BrN2O/c1-16(13-8-4-7-12(14)15-13)10-5-3-6-11(9-10)17-2/h3-9H,1-2H3. The third-order valence-corrected chi connectivity index (χ3v) is 2.93. The van der Waals surface area contributed by atoms with Crippen molar-refractivity contribution in [3.05, 3.63) is 47.1 Å². The predicted octanol–water partition coefficient (Wildman–Crippen LogP) is 3.62. The molecule has 0 N–H and O–H groups in total. The molecule has 0 atom stereocenters. The Kier molecular flexibility index (Phi) is 3.64. The summed E-state index contributed by atoms with van der Waals surface area (Å²) < 4.78 is 6.03. The van der Waals surface area contributed by atoms with Crippen molar-refractivity contribution in [2.45, 2.75) is 0 Å². The lowest BCUT2D eigenvalue weighted by Gasteiger charge is -2.18. The molecule has 4 heteroatoms. The number of rotatable bonds is 3. The third-order valence-electron chi connectivity index (χ3n) is 2.48. The number of aromatic nitrogens is 1. The second kappa shape index (κ2) is 5.19. The molecule has 0 radical (unpaired) electrons. The van der Waals surface area contributed by atoms with Gasteiger partial charge in [0.05, 0.1) is 7.11 Å². The summed E-state index contributed by atoms with van der Waals surface area (Å²) in [4.78, 5) is 6.41. The van der Waals surface area contributed by atoms with Gasteiger partial charge in [-0.15, -0.1) is 0 Å². The number of hydrogen-bond acceptors (Lipinski definition) is 3. The maximum Gasteiger partial charge on any atom is 0.134 e. The molecule has 0 aliphatic rings. The Morgan fingerprint density at radius 3 is 2.65 bits per heavy atom. The van der Waals surface area contributed by atoms with E-state index in [4.69, 9.17) is 4.74 Å². The van der Waals surface area contributed by atoms with E-state index in [0.717, 1.165) is 21.9 Å². The summed E-state index contributed by atoms with van der Waals surface area (Å²) in [6, 6.07) is 13.7. The van der Waals surface area contributed by atoms with E-state index >= 15 is 0 Å². The van der Waals surface area contributed by atoms with Gasteiger partial charge in [-0.05, 0) is 40.2 Å². The van der Waals surface area contributed by atoms with E-state index in [2.05, 4.69) is 20.9 Å². The summed E-state index contributed by atoms with van der Waals surface area (Å²) in [5, 5.41) is 0. The van der Waals surface area contributed by atoms with Crippen molar-refractivity contribution in [2.24, 2.45) is 0 Å². The van der Waals surface area contributed by atoms with Gasteiger partial charge < -0.3 is 9.64 Å². The maximum absolute atomic E-state index is 5.21. The molecule has 1 aromatic carbocycles. The second-order valence-electron chi connectivity index (χ2n) is 3.58. The molecule has 2 aromatic rings. The van der Waals surface area contributed by atoms with Gasteiger partial charge >= 0.3 is 0 Å². The minimum Gasteiger partial charge on any atom is -0.497 e. The van der Waals surface area contributed by atoms with Crippen LogP contribution in [0.3, 0.4) is 0 Å². The van der Waals surface area contributed by atoms with Crippen LogP contribution in [-0.2, 0) is 0 Å². The zero-order valence-electron chi connectivity index (χ0n) is 9.72. The molecule has 88 valence electrons. The molecule has 0 fully saturated rings. The fourth-order valence-electron chi connectivity index (χ4n) is 1.54. The number of hydrogen-bond donors (Lipinski definition) is 0. The molecule has 2 rings (SSSR count). The van der Waals surface area contributed by atoms with Crippen LogP contribution in [0.4, 0.5) is 11.5 Å². The first kappa shape index (κ1) is 11.9. The highest BCUT2D eigenvalue weighted by molar-refractivity contribution is 9.10. The van der Waals surface area contributed by atoms with Crippen LogP contribution < -0.4 is 9.64 Å². The van der Waals surface area contributed by atoms with Crippen LogP contribution in [0.1, 0.15) is 0 Å². The van der Waals surface area contributed by atoms with Crippen LogP contribution >= 0.6 is 15.9 Å². The zero-order valence-corrected chi connectivity index (χ0v) is 11.3. The molecule has 0 saturated carbocycles. The van der Waals surface area contributed by atoms with Gasteiger partial charge in [0, 0.05) is 18.8 Å². The van der Waals surface area contributed by atoms with Crippen molar-refractivity contribution >= 4 is 27.4 Å². The summed E-state index contributed by atoms with van der Waals surface area (Å²) in [6.07, 6.45) is 0. The monoisotopic (exact) mass is 292 g/mol. The van der Waals surface area contributed by atoms with Crippen molar-refractivity contribution in [1.82, 2.24) is 4.98 Å². The number of pyridine rings is 1. The molecule has 17 heavy (non-hydrogen) atoms. The molecule has 1 heterocycles. The van der Waals surface area contributed by atoms with E-state index in [0.29, 0.717) is 0 Å². The van der Waals surface area contributed by atoms with Crippen molar-refractivity contribution in [3.63, 3.8) is 0 Å². The molecular weight excluding hydrogens is 280 g/mol. The normalized spacial score (nSPS) is 10.1. The molecule has 0 bridgehead atoms. The minimum atomic E-state index is 0.824. The van der Waals surface area contributed by atoms with E-state index in [-0.39, 0.29) is 0 Å². The molecule has 0 aliphatic carbocycles. The van der Waals surface area contributed by atoms with Gasteiger partial charge in [0.15, 0.2) is 0 Å². The summed E-state index contributed by atoms with van der Waals surface area (Å²) in [6.45, 7) is 0. The van der Waals surface area contributed by atoms with Crippen molar-refractivity contribution < 1.29 is 4.74 Å². The van der Waals surface area contributed by atoms with Crippen LogP contribution in [0, 0.1) is 0 Å².